The molecule has 1 rings (SSSR count). The largest absolute Gasteiger partial charge is 0.481 e. The average molecular weight is 385 g/mol. The van der Waals surface area contributed by atoms with Gasteiger partial charge in [0, 0.05) is 6.42 Å². The summed E-state index contributed by atoms with van der Waals surface area (Å²) in [6.07, 6.45) is 5.47. The van der Waals surface area contributed by atoms with Crippen molar-refractivity contribution in [3.8, 4) is 12.5 Å². The van der Waals surface area contributed by atoms with Gasteiger partial charge in [-0.05, 0) is 13.8 Å². The first-order valence-corrected chi connectivity index (χ1v) is 8.19. The number of hydrogen-bond acceptors (Lipinski definition) is 8. The summed E-state index contributed by atoms with van der Waals surface area (Å²) in [6.45, 7) is 3.09. The van der Waals surface area contributed by atoms with Gasteiger partial charge >= 0.3 is 17.9 Å². The van der Waals surface area contributed by atoms with E-state index in [9.17, 15) is 19.2 Å². The lowest BCUT2D eigenvalue weighted by atomic mass is 10.0. The van der Waals surface area contributed by atoms with Crippen molar-refractivity contribution >= 4 is 23.8 Å². The smallest absolute Gasteiger partial charge is 0.320 e. The van der Waals surface area contributed by atoms with Crippen LogP contribution in [0.15, 0.2) is 0 Å². The molecule has 0 spiro atoms. The van der Waals surface area contributed by atoms with Crippen LogP contribution in [0.3, 0.4) is 0 Å². The molecule has 10 heteroatoms. The van der Waals surface area contributed by atoms with Crippen molar-refractivity contribution in [3.05, 3.63) is 0 Å². The van der Waals surface area contributed by atoms with Crippen LogP contribution in [0.4, 0.5) is 0 Å². The zero-order valence-corrected chi connectivity index (χ0v) is 15.2. The molecule has 1 heterocycles. The Hall–Kier alpha value is -2.64. The van der Waals surface area contributed by atoms with E-state index in [1.165, 1.54) is 0 Å². The molecule has 1 amide bonds. The highest BCUT2D eigenvalue weighted by molar-refractivity contribution is 5.82. The molecule has 10 nitrogen and oxygen atoms in total. The van der Waals surface area contributed by atoms with E-state index in [1.54, 1.807) is 20.0 Å². The van der Waals surface area contributed by atoms with E-state index in [4.69, 9.17) is 25.7 Å². The van der Waals surface area contributed by atoms with Gasteiger partial charge in [0.05, 0.1) is 32.5 Å². The molecule has 0 saturated carbocycles. The number of amides is 1. The fourth-order valence-electron chi connectivity index (χ4n) is 2.09. The molecule has 1 saturated heterocycles. The van der Waals surface area contributed by atoms with Gasteiger partial charge in [0.1, 0.15) is 18.3 Å². The first kappa shape index (κ1) is 22.4. The van der Waals surface area contributed by atoms with Crippen molar-refractivity contribution in [2.24, 2.45) is 0 Å². The second kappa shape index (κ2) is 9.89. The predicted molar refractivity (Wildman–Crippen MR) is 88.8 cm³/mol. The molecule has 2 N–H and O–H groups in total. The molecular formula is C17H23NO9. The van der Waals surface area contributed by atoms with Crippen molar-refractivity contribution in [2.75, 3.05) is 19.8 Å². The molecule has 0 unspecified atom stereocenters. The number of esters is 2. The summed E-state index contributed by atoms with van der Waals surface area (Å²) in [5.41, 5.74) is -1.17. The molecule has 1 aliphatic rings. The molecule has 27 heavy (non-hydrogen) atoms. The highest BCUT2D eigenvalue weighted by Crippen LogP contribution is 2.24. The molecular weight excluding hydrogens is 362 g/mol. The lowest BCUT2D eigenvalue weighted by Crippen LogP contribution is -2.63. The Balaban J connectivity index is 2.65. The number of aliphatic carboxylic acids is 1. The second-order valence-electron chi connectivity index (χ2n) is 6.45. The van der Waals surface area contributed by atoms with E-state index in [-0.39, 0.29) is 45.5 Å². The zero-order chi connectivity index (χ0) is 20.5. The van der Waals surface area contributed by atoms with Crippen LogP contribution in [0.1, 0.15) is 39.5 Å². The molecule has 150 valence electrons. The van der Waals surface area contributed by atoms with Gasteiger partial charge in [-0.25, -0.2) is 0 Å². The summed E-state index contributed by atoms with van der Waals surface area (Å²) in [5.74, 6) is -3.97. The Bertz CT molecular complexity index is 610. The van der Waals surface area contributed by atoms with Gasteiger partial charge in [-0.2, -0.15) is 0 Å². The van der Waals surface area contributed by atoms with Crippen LogP contribution in [0, 0.1) is 12.5 Å². The zero-order valence-electron chi connectivity index (χ0n) is 15.2. The Morgan fingerprint density at radius 3 is 2.22 bits per heavy atom. The second-order valence-corrected chi connectivity index (χ2v) is 6.45. The molecule has 0 aliphatic carbocycles. The molecule has 1 fully saturated rings. The first-order chi connectivity index (χ1) is 12.6. The molecule has 0 aromatic heterocycles. The summed E-state index contributed by atoms with van der Waals surface area (Å²) in [5, 5.41) is 11.2. The van der Waals surface area contributed by atoms with E-state index in [1.807, 2.05) is 0 Å². The van der Waals surface area contributed by atoms with E-state index < -0.39 is 35.1 Å². The van der Waals surface area contributed by atoms with Crippen LogP contribution in [-0.4, -0.2) is 60.1 Å². The number of carboxylic acid groups (broad SMARTS) is 1. The lowest BCUT2D eigenvalue weighted by Gasteiger charge is -2.43. The molecule has 0 atom stereocenters. The van der Waals surface area contributed by atoms with Gasteiger partial charge in [-0.3, -0.25) is 19.2 Å². The third kappa shape index (κ3) is 8.52. The maximum absolute atomic E-state index is 12.1. The van der Waals surface area contributed by atoms with Gasteiger partial charge in [-0.15, -0.1) is 0 Å². The van der Waals surface area contributed by atoms with Crippen LogP contribution in [0.2, 0.25) is 0 Å². The monoisotopic (exact) mass is 385 g/mol. The predicted octanol–water partition coefficient (Wildman–Crippen LogP) is -0.0536. The molecule has 0 radical (unpaired) electrons. The Morgan fingerprint density at radius 2 is 1.67 bits per heavy atom. The van der Waals surface area contributed by atoms with E-state index >= 15 is 0 Å². The van der Waals surface area contributed by atoms with E-state index in [0.29, 0.717) is 0 Å². The van der Waals surface area contributed by atoms with Crippen molar-refractivity contribution in [2.45, 2.75) is 50.9 Å². The summed E-state index contributed by atoms with van der Waals surface area (Å²) in [6, 6.07) is 0. The number of terminal acetylenes is 1. The van der Waals surface area contributed by atoms with Crippen LogP contribution in [-0.2, 0) is 38.1 Å². The fourth-order valence-corrected chi connectivity index (χ4v) is 2.09. The number of ether oxygens (including phenoxy) is 4. The van der Waals surface area contributed by atoms with Gasteiger partial charge < -0.3 is 29.4 Å². The van der Waals surface area contributed by atoms with Crippen molar-refractivity contribution in [1.29, 1.82) is 0 Å². The van der Waals surface area contributed by atoms with Crippen LogP contribution < -0.4 is 5.32 Å². The number of rotatable bonds is 9. The minimum Gasteiger partial charge on any atom is -0.481 e. The lowest BCUT2D eigenvalue weighted by molar-refractivity contribution is -0.275. The highest BCUT2D eigenvalue weighted by Gasteiger charge is 2.42. The van der Waals surface area contributed by atoms with Crippen molar-refractivity contribution in [3.63, 3.8) is 0 Å². The van der Waals surface area contributed by atoms with Gasteiger partial charge in [0.25, 0.3) is 0 Å². The Labute approximate surface area is 156 Å². The Morgan fingerprint density at radius 1 is 1.07 bits per heavy atom. The molecule has 0 aromatic rings. The summed E-state index contributed by atoms with van der Waals surface area (Å²) >= 11 is 0. The first-order valence-electron chi connectivity index (χ1n) is 8.19. The average Bonchev–Trinajstić information content (AvgIpc) is 2.59. The van der Waals surface area contributed by atoms with Crippen molar-refractivity contribution < 1.29 is 43.2 Å². The fraction of sp³-hybridized carbons (Fsp3) is 0.647. The quantitative estimate of drug-likeness (QED) is 0.413. The third-order valence-corrected chi connectivity index (χ3v) is 3.58. The normalized spacial score (nSPS) is 17.2. The van der Waals surface area contributed by atoms with E-state index in [0.717, 1.165) is 0 Å². The minimum absolute atomic E-state index is 0.00719. The maximum atomic E-state index is 12.1. The molecule has 1 aliphatic heterocycles. The van der Waals surface area contributed by atoms with Crippen LogP contribution >= 0.6 is 0 Å². The maximum Gasteiger partial charge on any atom is 0.320 e. The highest BCUT2D eigenvalue weighted by atomic mass is 16.7. The summed E-state index contributed by atoms with van der Waals surface area (Å²) in [7, 11) is 0. The number of carbonyl (C=O) groups is 4. The molecule has 0 bridgehead atoms. The standard InChI is InChI=1S/C17H23NO9/c1-4-24-14(22)7-5-12(19)18-17(10-26-16(2,3)27-11-17)9-25-15(23)8-6-13(20)21/h1H,5-11H2,2-3H3,(H,18,19)(H,20,21). The minimum atomic E-state index is -1.17. The third-order valence-electron chi connectivity index (χ3n) is 3.58. The molecule has 0 aromatic carbocycles. The number of hydrogen-bond donors (Lipinski definition) is 2. The SMILES string of the molecule is C#COC(=O)CCC(=O)NC1(COC(=O)CCC(=O)O)COC(C)(C)OC1. The summed E-state index contributed by atoms with van der Waals surface area (Å²) < 4.78 is 20.4. The van der Waals surface area contributed by atoms with Crippen LogP contribution in [0.5, 0.6) is 0 Å². The van der Waals surface area contributed by atoms with Gasteiger partial charge in [0.2, 0.25) is 5.91 Å². The van der Waals surface area contributed by atoms with Crippen molar-refractivity contribution in [1.82, 2.24) is 5.32 Å². The number of carbonyl (C=O) groups excluding carboxylic acids is 3. The van der Waals surface area contributed by atoms with E-state index in [2.05, 4.69) is 10.1 Å². The van der Waals surface area contributed by atoms with Gasteiger partial charge in [0.15, 0.2) is 5.79 Å². The Kier molecular flexibility index (Phi) is 8.21. The topological polar surface area (TPSA) is 137 Å². The van der Waals surface area contributed by atoms with Crippen LogP contribution in [0.25, 0.3) is 0 Å². The van der Waals surface area contributed by atoms with Gasteiger partial charge in [-0.1, -0.05) is 6.42 Å². The number of carboxylic acids is 1. The summed E-state index contributed by atoms with van der Waals surface area (Å²) in [4.78, 5) is 45.6. The number of nitrogens with one attached hydrogen (secondary N) is 1.